The van der Waals surface area contributed by atoms with Crippen LogP contribution in [0, 0.1) is 5.92 Å². The van der Waals surface area contributed by atoms with Crippen molar-refractivity contribution >= 4 is 22.1 Å². The van der Waals surface area contributed by atoms with E-state index in [9.17, 15) is 18.0 Å². The van der Waals surface area contributed by atoms with Crippen LogP contribution in [0.2, 0.25) is 0 Å². The first-order valence-electron chi connectivity index (χ1n) is 9.33. The molecule has 0 unspecified atom stereocenters. The lowest BCUT2D eigenvalue weighted by Crippen LogP contribution is -2.17. The summed E-state index contributed by atoms with van der Waals surface area (Å²) >= 11 is 0. The van der Waals surface area contributed by atoms with Gasteiger partial charge in [-0.15, -0.1) is 0 Å². The second-order valence-electron chi connectivity index (χ2n) is 6.93. The molecule has 0 aromatic heterocycles. The van der Waals surface area contributed by atoms with Crippen LogP contribution in [0.4, 0.5) is 0 Å². The molecule has 9 heteroatoms. The van der Waals surface area contributed by atoms with Gasteiger partial charge in [0.25, 0.3) is 0 Å². The van der Waals surface area contributed by atoms with Crippen LogP contribution in [0.5, 0.6) is 11.5 Å². The highest BCUT2D eigenvalue weighted by atomic mass is 32.2. The van der Waals surface area contributed by atoms with E-state index in [1.807, 2.05) is 18.2 Å². The van der Waals surface area contributed by atoms with Gasteiger partial charge in [0.05, 0.1) is 18.4 Å². The molecule has 0 radical (unpaired) electrons. The van der Waals surface area contributed by atoms with E-state index < -0.39 is 28.7 Å². The maximum atomic E-state index is 12.3. The van der Waals surface area contributed by atoms with Crippen LogP contribution in [0.3, 0.4) is 0 Å². The van der Waals surface area contributed by atoms with E-state index >= 15 is 0 Å². The first kappa shape index (κ1) is 21.6. The third kappa shape index (κ3) is 7.07. The highest BCUT2D eigenvalue weighted by Crippen LogP contribution is 2.34. The Labute approximate surface area is 174 Å². The van der Waals surface area contributed by atoms with Crippen molar-refractivity contribution in [1.82, 2.24) is 0 Å². The van der Waals surface area contributed by atoms with Crippen molar-refractivity contribution in [2.24, 2.45) is 5.92 Å². The summed E-state index contributed by atoms with van der Waals surface area (Å²) in [4.78, 5) is 24.0. The fourth-order valence-electron chi connectivity index (χ4n) is 2.46. The summed E-state index contributed by atoms with van der Waals surface area (Å²) in [5.74, 6) is -0.976. The van der Waals surface area contributed by atoms with Gasteiger partial charge >= 0.3 is 22.1 Å². The van der Waals surface area contributed by atoms with Crippen molar-refractivity contribution in [3.05, 3.63) is 59.7 Å². The van der Waals surface area contributed by atoms with Gasteiger partial charge in [-0.25, -0.2) is 9.59 Å². The Morgan fingerprint density at radius 1 is 1.00 bits per heavy atom. The minimum absolute atomic E-state index is 0.0169. The van der Waals surface area contributed by atoms with E-state index in [2.05, 4.69) is 0 Å². The number of carbonyl (C=O) groups excluding carboxylic acids is 2. The summed E-state index contributed by atoms with van der Waals surface area (Å²) in [7, 11) is -3.83. The van der Waals surface area contributed by atoms with Crippen LogP contribution in [-0.4, -0.2) is 39.8 Å². The van der Waals surface area contributed by atoms with Gasteiger partial charge in [0, 0.05) is 6.07 Å². The summed E-state index contributed by atoms with van der Waals surface area (Å²) in [5.41, 5.74) is 0.824. The van der Waals surface area contributed by atoms with Gasteiger partial charge in [-0.1, -0.05) is 30.3 Å². The quantitative estimate of drug-likeness (QED) is 0.415. The molecule has 8 nitrogen and oxygen atoms in total. The number of ether oxygens (including phenoxy) is 3. The Morgan fingerprint density at radius 2 is 1.73 bits per heavy atom. The van der Waals surface area contributed by atoms with Crippen LogP contribution in [0.25, 0.3) is 0 Å². The van der Waals surface area contributed by atoms with Crippen LogP contribution in [0.1, 0.15) is 28.8 Å². The smallest absolute Gasteiger partial charge is 0.344 e. The molecule has 1 fully saturated rings. The van der Waals surface area contributed by atoms with E-state index in [1.165, 1.54) is 18.2 Å². The fraction of sp³-hybridized carbons (Fsp3) is 0.333. The lowest BCUT2D eigenvalue weighted by atomic mass is 10.2. The Balaban J connectivity index is 1.58. The second-order valence-corrected chi connectivity index (χ2v) is 8.50. The van der Waals surface area contributed by atoms with Crippen molar-refractivity contribution < 1.29 is 36.4 Å². The average molecular weight is 434 g/mol. The molecule has 1 saturated carbocycles. The van der Waals surface area contributed by atoms with E-state index in [-0.39, 0.29) is 23.7 Å². The molecule has 0 spiro atoms. The lowest BCUT2D eigenvalue weighted by molar-refractivity contribution is -0.148. The number of rotatable bonds is 10. The molecule has 30 heavy (non-hydrogen) atoms. The van der Waals surface area contributed by atoms with Crippen molar-refractivity contribution in [2.75, 3.05) is 19.5 Å². The molecular formula is C21H22O8S. The Bertz CT molecular complexity index is 997. The highest BCUT2D eigenvalue weighted by molar-refractivity contribution is 7.86. The molecule has 0 saturated heterocycles. The number of benzene rings is 2. The first-order valence-corrected chi connectivity index (χ1v) is 11.1. The highest BCUT2D eigenvalue weighted by Gasteiger charge is 2.24. The summed E-state index contributed by atoms with van der Waals surface area (Å²) in [6, 6.07) is 13.1. The molecule has 0 atom stereocenters. The molecule has 2 aromatic rings. The van der Waals surface area contributed by atoms with Gasteiger partial charge in [-0.05, 0) is 36.5 Å². The molecule has 0 N–H and O–H groups in total. The van der Waals surface area contributed by atoms with Gasteiger partial charge < -0.3 is 18.4 Å². The van der Waals surface area contributed by atoms with Crippen LogP contribution < -0.4 is 8.92 Å². The number of esters is 2. The maximum absolute atomic E-state index is 12.3. The van der Waals surface area contributed by atoms with Crippen molar-refractivity contribution in [3.8, 4) is 11.5 Å². The van der Waals surface area contributed by atoms with Gasteiger partial charge in [0.15, 0.2) is 18.1 Å². The molecule has 0 aliphatic heterocycles. The molecule has 0 heterocycles. The molecule has 1 aliphatic rings. The zero-order chi connectivity index (χ0) is 21.6. The third-order valence-corrected chi connectivity index (χ3v) is 4.64. The maximum Gasteiger partial charge on any atom is 0.344 e. The molecule has 0 bridgehead atoms. The topological polar surface area (TPSA) is 105 Å². The summed E-state index contributed by atoms with van der Waals surface area (Å²) in [6.07, 6.45) is 3.02. The molecular weight excluding hydrogens is 412 g/mol. The van der Waals surface area contributed by atoms with E-state index in [4.69, 9.17) is 18.4 Å². The van der Waals surface area contributed by atoms with Gasteiger partial charge in [0.1, 0.15) is 6.61 Å². The van der Waals surface area contributed by atoms with E-state index in [0.29, 0.717) is 12.5 Å². The Morgan fingerprint density at radius 3 is 2.40 bits per heavy atom. The van der Waals surface area contributed by atoms with Gasteiger partial charge in [-0.2, -0.15) is 8.42 Å². The van der Waals surface area contributed by atoms with E-state index in [1.54, 1.807) is 12.1 Å². The summed E-state index contributed by atoms with van der Waals surface area (Å²) in [6.45, 7) is -0.0678. The SMILES string of the molecule is CS(=O)(=O)Oc1cc(C(=O)OCC(=O)OCc2ccccc2)ccc1OCC1CC1. The minimum atomic E-state index is -3.83. The van der Waals surface area contributed by atoms with Crippen LogP contribution in [-0.2, 0) is 31.0 Å². The van der Waals surface area contributed by atoms with Gasteiger partial charge in [0.2, 0.25) is 0 Å². The van der Waals surface area contributed by atoms with Crippen LogP contribution >= 0.6 is 0 Å². The molecule has 2 aromatic carbocycles. The van der Waals surface area contributed by atoms with Crippen molar-refractivity contribution in [1.29, 1.82) is 0 Å². The number of carbonyl (C=O) groups is 2. The van der Waals surface area contributed by atoms with Gasteiger partial charge in [-0.3, -0.25) is 0 Å². The third-order valence-electron chi connectivity index (χ3n) is 4.16. The molecule has 3 rings (SSSR count). The normalized spacial score (nSPS) is 13.4. The largest absolute Gasteiger partial charge is 0.489 e. The fourth-order valence-corrected chi connectivity index (χ4v) is 2.92. The molecule has 160 valence electrons. The molecule has 0 amide bonds. The minimum Gasteiger partial charge on any atom is -0.489 e. The zero-order valence-corrected chi connectivity index (χ0v) is 17.2. The van der Waals surface area contributed by atoms with Crippen molar-refractivity contribution in [2.45, 2.75) is 19.4 Å². The average Bonchev–Trinajstić information content (AvgIpc) is 3.53. The second kappa shape index (κ2) is 9.62. The number of hydrogen-bond acceptors (Lipinski definition) is 8. The molecule has 1 aliphatic carbocycles. The van der Waals surface area contributed by atoms with Crippen LogP contribution in [0.15, 0.2) is 48.5 Å². The monoisotopic (exact) mass is 434 g/mol. The Kier molecular flexibility index (Phi) is 6.94. The summed E-state index contributed by atoms with van der Waals surface area (Å²) in [5, 5.41) is 0. The zero-order valence-electron chi connectivity index (χ0n) is 16.4. The first-order chi connectivity index (χ1) is 14.3. The lowest BCUT2D eigenvalue weighted by Gasteiger charge is -2.12. The Hall–Kier alpha value is -3.07. The summed E-state index contributed by atoms with van der Waals surface area (Å²) < 4.78 is 43.6. The van der Waals surface area contributed by atoms with Crippen molar-refractivity contribution in [3.63, 3.8) is 0 Å². The van der Waals surface area contributed by atoms with E-state index in [0.717, 1.165) is 24.7 Å². The number of hydrogen-bond donors (Lipinski definition) is 0. The predicted molar refractivity (Wildman–Crippen MR) is 107 cm³/mol. The predicted octanol–water partition coefficient (Wildman–Crippen LogP) is 2.71. The standard InChI is InChI=1S/C21H22O8S/c1-30(24,25)29-19-11-17(9-10-18(19)26-12-16-7-8-16)21(23)28-14-20(22)27-13-15-5-3-2-4-6-15/h2-6,9-11,16H,7-8,12-14H2,1H3.